The Morgan fingerprint density at radius 2 is 2.00 bits per heavy atom. The van der Waals surface area contributed by atoms with Crippen molar-refractivity contribution in [3.63, 3.8) is 0 Å². The Morgan fingerprint density at radius 1 is 1.45 bits per heavy atom. The molecule has 0 saturated carbocycles. The zero-order valence-electron chi connectivity index (χ0n) is 5.82. The van der Waals surface area contributed by atoms with Gasteiger partial charge in [0.05, 0.1) is 5.92 Å². The van der Waals surface area contributed by atoms with Crippen molar-refractivity contribution in [1.82, 2.24) is 4.90 Å². The van der Waals surface area contributed by atoms with Gasteiger partial charge in [0.25, 0.3) is 5.91 Å². The molecule has 0 aromatic rings. The van der Waals surface area contributed by atoms with E-state index in [9.17, 15) is 14.7 Å². The second-order valence-corrected chi connectivity index (χ2v) is 2.48. The maximum atomic E-state index is 10.6. The van der Waals surface area contributed by atoms with Crippen LogP contribution in [0.1, 0.15) is 0 Å². The van der Waals surface area contributed by atoms with E-state index < -0.39 is 24.4 Å². The molecule has 5 heteroatoms. The number of carboxylic acid groups (broad SMARTS) is 1. The normalized spacial score (nSPS) is 17.7. The molecule has 1 rings (SSSR count). The number of carboxylic acids is 1. The highest BCUT2D eigenvalue weighted by Gasteiger charge is 2.35. The van der Waals surface area contributed by atoms with Crippen molar-refractivity contribution < 1.29 is 19.8 Å². The van der Waals surface area contributed by atoms with Crippen LogP contribution in [0.5, 0.6) is 0 Å². The molecule has 1 heterocycles. The van der Waals surface area contributed by atoms with Crippen LogP contribution < -0.4 is 0 Å². The number of hydrogen-bond acceptors (Lipinski definition) is 2. The highest BCUT2D eigenvalue weighted by molar-refractivity contribution is 5.81. The summed E-state index contributed by atoms with van der Waals surface area (Å²) in [4.78, 5) is 22.1. The fourth-order valence-electron chi connectivity index (χ4n) is 0.930. The van der Waals surface area contributed by atoms with Gasteiger partial charge in [0.2, 0.25) is 0 Å². The highest BCUT2D eigenvalue weighted by Crippen LogP contribution is 2.14. The summed E-state index contributed by atoms with van der Waals surface area (Å²) < 4.78 is 0. The van der Waals surface area contributed by atoms with Gasteiger partial charge < -0.3 is 10.0 Å². The molecule has 0 aromatic heterocycles. The summed E-state index contributed by atoms with van der Waals surface area (Å²) in [6.07, 6.45) is 0. The van der Waals surface area contributed by atoms with Gasteiger partial charge in [-0.3, -0.25) is 9.59 Å². The summed E-state index contributed by atoms with van der Waals surface area (Å²) in [5.41, 5.74) is 0. The minimum atomic E-state index is -0.903. The van der Waals surface area contributed by atoms with Crippen molar-refractivity contribution in [3.8, 4) is 0 Å². The number of hydrogen-bond donors (Lipinski definition) is 1. The molecule has 1 saturated heterocycles. The number of likely N-dealkylation sites (tertiary alicyclic amines) is 1. The average Bonchev–Trinajstić information content (AvgIpc) is 1.83. The predicted octanol–water partition coefficient (Wildman–Crippen LogP) is -1.04. The molecule has 1 radical (unpaired) electrons. The van der Waals surface area contributed by atoms with Crippen LogP contribution in [-0.2, 0) is 14.7 Å². The standard InChI is InChI=1S/C6H8NO4/c8-3-5(9)7-1-4(2-7)6(10)11/h4H,1-3H2,(H,10,11). The predicted molar refractivity (Wildman–Crippen MR) is 33.3 cm³/mol. The Kier molecular flexibility index (Phi) is 2.09. The molecule has 0 bridgehead atoms. The van der Waals surface area contributed by atoms with Crippen LogP contribution in [0.25, 0.3) is 0 Å². The van der Waals surface area contributed by atoms with Crippen LogP contribution in [0.2, 0.25) is 0 Å². The van der Waals surface area contributed by atoms with Gasteiger partial charge in [-0.1, -0.05) is 0 Å². The van der Waals surface area contributed by atoms with Crippen molar-refractivity contribution in [3.05, 3.63) is 0 Å². The van der Waals surface area contributed by atoms with Gasteiger partial charge in [0.1, 0.15) is 0 Å². The molecule has 0 aromatic carbocycles. The van der Waals surface area contributed by atoms with E-state index in [0.29, 0.717) is 0 Å². The Bertz CT molecular complexity index is 185. The zero-order chi connectivity index (χ0) is 8.43. The van der Waals surface area contributed by atoms with Gasteiger partial charge in [-0.15, -0.1) is 0 Å². The molecule has 1 amide bonds. The van der Waals surface area contributed by atoms with Gasteiger partial charge in [-0.05, 0) is 0 Å². The number of rotatable bonds is 2. The molecule has 0 aliphatic carbocycles. The second-order valence-electron chi connectivity index (χ2n) is 2.48. The smallest absolute Gasteiger partial charge is 0.310 e. The van der Waals surface area contributed by atoms with E-state index >= 15 is 0 Å². The molecule has 0 atom stereocenters. The van der Waals surface area contributed by atoms with Crippen LogP contribution in [-0.4, -0.2) is 41.6 Å². The number of aliphatic carboxylic acids is 1. The lowest BCUT2D eigenvalue weighted by atomic mass is 10.0. The minimum Gasteiger partial charge on any atom is -0.481 e. The number of carbonyl (C=O) groups excluding carboxylic acids is 1. The van der Waals surface area contributed by atoms with Crippen LogP contribution in [0, 0.1) is 5.92 Å². The van der Waals surface area contributed by atoms with E-state index in [2.05, 4.69) is 0 Å². The third kappa shape index (κ3) is 1.48. The summed E-state index contributed by atoms with van der Waals surface area (Å²) in [5, 5.41) is 18.4. The van der Waals surface area contributed by atoms with E-state index in [-0.39, 0.29) is 13.1 Å². The largest absolute Gasteiger partial charge is 0.481 e. The van der Waals surface area contributed by atoms with Crippen molar-refractivity contribution >= 4 is 11.9 Å². The van der Waals surface area contributed by atoms with Gasteiger partial charge in [0.15, 0.2) is 6.61 Å². The quantitative estimate of drug-likeness (QED) is 0.557. The monoisotopic (exact) mass is 158 g/mol. The fourth-order valence-corrected chi connectivity index (χ4v) is 0.930. The average molecular weight is 158 g/mol. The van der Waals surface area contributed by atoms with Crippen molar-refractivity contribution in [1.29, 1.82) is 0 Å². The lowest BCUT2D eigenvalue weighted by molar-refractivity contribution is -0.154. The first kappa shape index (κ1) is 8.00. The van der Waals surface area contributed by atoms with Crippen molar-refractivity contribution in [2.75, 3.05) is 19.7 Å². The summed E-state index contributed by atoms with van der Waals surface area (Å²) in [5.74, 6) is -1.88. The molecule has 11 heavy (non-hydrogen) atoms. The molecule has 1 aliphatic heterocycles. The Hall–Kier alpha value is -1.10. The Labute approximate surface area is 63.2 Å². The van der Waals surface area contributed by atoms with Crippen LogP contribution >= 0.6 is 0 Å². The Morgan fingerprint density at radius 3 is 2.36 bits per heavy atom. The summed E-state index contributed by atoms with van der Waals surface area (Å²) >= 11 is 0. The van der Waals surface area contributed by atoms with Gasteiger partial charge >= 0.3 is 5.97 Å². The number of carbonyl (C=O) groups is 2. The maximum Gasteiger partial charge on any atom is 0.310 e. The van der Waals surface area contributed by atoms with E-state index in [4.69, 9.17) is 5.11 Å². The highest BCUT2D eigenvalue weighted by atomic mass is 16.4. The van der Waals surface area contributed by atoms with Crippen molar-refractivity contribution in [2.45, 2.75) is 0 Å². The number of nitrogens with zero attached hydrogens (tertiary/aromatic N) is 1. The van der Waals surface area contributed by atoms with Crippen LogP contribution in [0.4, 0.5) is 0 Å². The third-order valence-electron chi connectivity index (χ3n) is 1.71. The second kappa shape index (κ2) is 2.87. The van der Waals surface area contributed by atoms with Gasteiger partial charge in [-0.2, -0.15) is 0 Å². The van der Waals surface area contributed by atoms with Crippen LogP contribution in [0.15, 0.2) is 0 Å². The van der Waals surface area contributed by atoms with E-state index in [0.717, 1.165) is 0 Å². The summed E-state index contributed by atoms with van der Waals surface area (Å²) in [6.45, 7) is -0.404. The molecule has 1 fully saturated rings. The molecule has 5 nitrogen and oxygen atoms in total. The van der Waals surface area contributed by atoms with E-state index in [1.165, 1.54) is 4.90 Å². The summed E-state index contributed by atoms with van der Waals surface area (Å²) in [7, 11) is 0. The summed E-state index contributed by atoms with van der Waals surface area (Å²) in [6, 6.07) is 0. The first-order valence-corrected chi connectivity index (χ1v) is 3.24. The first-order chi connectivity index (χ1) is 5.15. The maximum absolute atomic E-state index is 10.6. The third-order valence-corrected chi connectivity index (χ3v) is 1.71. The first-order valence-electron chi connectivity index (χ1n) is 3.24. The van der Waals surface area contributed by atoms with E-state index in [1.54, 1.807) is 0 Å². The molecular formula is C6H8NO4. The number of amides is 1. The lowest BCUT2D eigenvalue weighted by Crippen LogP contribution is -2.53. The van der Waals surface area contributed by atoms with Gasteiger partial charge in [0, 0.05) is 13.1 Å². The Balaban J connectivity index is 2.29. The molecule has 1 aliphatic rings. The van der Waals surface area contributed by atoms with Crippen molar-refractivity contribution in [2.24, 2.45) is 5.92 Å². The zero-order valence-corrected chi connectivity index (χ0v) is 5.82. The lowest BCUT2D eigenvalue weighted by Gasteiger charge is -2.35. The van der Waals surface area contributed by atoms with Gasteiger partial charge in [-0.25, -0.2) is 5.11 Å². The fraction of sp³-hybridized carbons (Fsp3) is 0.667. The molecular weight excluding hydrogens is 150 g/mol. The van der Waals surface area contributed by atoms with Crippen LogP contribution in [0.3, 0.4) is 0 Å². The minimum absolute atomic E-state index is 0.191. The molecule has 61 valence electrons. The van der Waals surface area contributed by atoms with E-state index in [1.807, 2.05) is 0 Å². The topological polar surface area (TPSA) is 77.5 Å². The molecule has 1 N–H and O–H groups in total. The molecule has 0 spiro atoms. The SMILES string of the molecule is [O]CC(=O)N1CC(C(=O)O)C1. The molecule has 0 unspecified atom stereocenters.